The summed E-state index contributed by atoms with van der Waals surface area (Å²) in [6, 6.07) is 0.180. The lowest BCUT2D eigenvalue weighted by molar-refractivity contribution is -0.130. The van der Waals surface area contributed by atoms with E-state index >= 15 is 0 Å². The summed E-state index contributed by atoms with van der Waals surface area (Å²) in [6.07, 6.45) is 8.91. The molecule has 1 aromatic rings. The van der Waals surface area contributed by atoms with Crippen LogP contribution in [0.15, 0.2) is 17.4 Å². The van der Waals surface area contributed by atoms with E-state index in [0.29, 0.717) is 18.9 Å². The smallest absolute Gasteiger partial charge is 0.222 e. The molecule has 1 atom stereocenters. The summed E-state index contributed by atoms with van der Waals surface area (Å²) in [4.78, 5) is 21.0. The number of carbonyl (C=O) groups is 1. The fourth-order valence-electron chi connectivity index (χ4n) is 3.45. The topological polar surface area (TPSA) is 77.8 Å². The first kappa shape index (κ1) is 25.7. The van der Waals surface area contributed by atoms with Gasteiger partial charge in [-0.3, -0.25) is 14.5 Å². The van der Waals surface area contributed by atoms with Gasteiger partial charge in [0.25, 0.3) is 0 Å². The Kier molecular flexibility index (Phi) is 12.2. The van der Waals surface area contributed by atoms with Crippen molar-refractivity contribution in [3.63, 3.8) is 0 Å². The lowest BCUT2D eigenvalue weighted by Gasteiger charge is -2.22. The average Bonchev–Trinajstić information content (AvgIpc) is 2.97. The summed E-state index contributed by atoms with van der Waals surface area (Å²) in [5, 5.41) is 11.0. The number of halogens is 1. The van der Waals surface area contributed by atoms with E-state index in [1.165, 1.54) is 6.42 Å². The van der Waals surface area contributed by atoms with E-state index in [4.69, 9.17) is 4.99 Å². The molecule has 2 rings (SSSR count). The number of hydrogen-bond donors (Lipinski definition) is 2. The van der Waals surface area contributed by atoms with Gasteiger partial charge in [-0.1, -0.05) is 6.42 Å². The molecule has 1 aliphatic rings. The summed E-state index contributed by atoms with van der Waals surface area (Å²) in [7, 11) is 6.05. The molecular formula is C20H38IN7O. The minimum atomic E-state index is 0. The molecule has 2 heterocycles. The van der Waals surface area contributed by atoms with Crippen LogP contribution < -0.4 is 10.6 Å². The Labute approximate surface area is 192 Å². The molecule has 1 aromatic heterocycles. The van der Waals surface area contributed by atoms with E-state index in [-0.39, 0.29) is 30.0 Å². The van der Waals surface area contributed by atoms with Crippen molar-refractivity contribution in [2.24, 2.45) is 12.0 Å². The van der Waals surface area contributed by atoms with Crippen LogP contribution in [0.25, 0.3) is 0 Å². The largest absolute Gasteiger partial charge is 0.357 e. The number of amides is 1. The number of likely N-dealkylation sites (tertiary alicyclic amines) is 1. The van der Waals surface area contributed by atoms with Gasteiger partial charge in [0.2, 0.25) is 5.91 Å². The van der Waals surface area contributed by atoms with Crippen LogP contribution in [-0.2, 0) is 11.8 Å². The van der Waals surface area contributed by atoms with Crippen LogP contribution in [0.5, 0.6) is 0 Å². The molecule has 0 saturated carbocycles. The van der Waals surface area contributed by atoms with Gasteiger partial charge in [0.1, 0.15) is 0 Å². The van der Waals surface area contributed by atoms with Crippen LogP contribution in [0.2, 0.25) is 0 Å². The molecule has 9 heteroatoms. The van der Waals surface area contributed by atoms with Crippen LogP contribution in [0.4, 0.5) is 0 Å². The Morgan fingerprint density at radius 1 is 1.31 bits per heavy atom. The fraction of sp³-hybridized carbons (Fsp3) is 0.750. The van der Waals surface area contributed by atoms with Crippen molar-refractivity contribution in [1.29, 1.82) is 0 Å². The van der Waals surface area contributed by atoms with E-state index in [0.717, 1.165) is 57.0 Å². The summed E-state index contributed by atoms with van der Waals surface area (Å²) >= 11 is 0. The molecule has 0 bridgehead atoms. The van der Waals surface area contributed by atoms with Gasteiger partial charge in [0, 0.05) is 51.4 Å². The Morgan fingerprint density at radius 3 is 2.76 bits per heavy atom. The number of aromatic nitrogens is 2. The van der Waals surface area contributed by atoms with E-state index in [9.17, 15) is 4.79 Å². The van der Waals surface area contributed by atoms with Gasteiger partial charge in [-0.2, -0.15) is 5.10 Å². The molecule has 1 saturated heterocycles. The van der Waals surface area contributed by atoms with E-state index in [1.807, 2.05) is 29.0 Å². The van der Waals surface area contributed by atoms with Crippen molar-refractivity contribution in [2.45, 2.75) is 45.1 Å². The minimum absolute atomic E-state index is 0. The quantitative estimate of drug-likeness (QED) is 0.226. The molecule has 1 aliphatic heterocycles. The molecule has 2 N–H and O–H groups in total. The number of rotatable bonds is 9. The number of nitrogens with one attached hydrogen (secondary N) is 2. The van der Waals surface area contributed by atoms with Gasteiger partial charge in [0.05, 0.1) is 18.8 Å². The van der Waals surface area contributed by atoms with Crippen molar-refractivity contribution in [2.75, 3.05) is 46.8 Å². The third kappa shape index (κ3) is 8.90. The molecule has 0 aliphatic carbocycles. The first-order valence-corrected chi connectivity index (χ1v) is 10.5. The standard InChI is InChI=1S/C20H37N7O.HI/c1-5-21-20(22-11-9-13-27-12-8-6-7-10-19(27)28)23-15-18(25(2)3)17-14-24-26(4)16-17;/h14,16,18H,5-13,15H2,1-4H3,(H2,21,22,23);1H. The second-order valence-corrected chi connectivity index (χ2v) is 7.62. The second-order valence-electron chi connectivity index (χ2n) is 7.62. The van der Waals surface area contributed by atoms with Gasteiger partial charge < -0.3 is 20.4 Å². The van der Waals surface area contributed by atoms with Crippen molar-refractivity contribution in [3.8, 4) is 0 Å². The molecule has 1 amide bonds. The normalized spacial score (nSPS) is 16.4. The highest BCUT2D eigenvalue weighted by Crippen LogP contribution is 2.17. The Bertz CT molecular complexity index is 632. The summed E-state index contributed by atoms with van der Waals surface area (Å²) < 4.78 is 1.82. The predicted octanol–water partition coefficient (Wildman–Crippen LogP) is 1.99. The van der Waals surface area contributed by atoms with Gasteiger partial charge in [-0.25, -0.2) is 0 Å². The first-order valence-electron chi connectivity index (χ1n) is 10.5. The molecule has 1 unspecified atom stereocenters. The highest BCUT2D eigenvalue weighted by molar-refractivity contribution is 14.0. The monoisotopic (exact) mass is 519 g/mol. The number of carbonyl (C=O) groups excluding carboxylic acids is 1. The predicted molar refractivity (Wildman–Crippen MR) is 129 cm³/mol. The van der Waals surface area contributed by atoms with E-state index in [1.54, 1.807) is 0 Å². The highest BCUT2D eigenvalue weighted by atomic mass is 127. The van der Waals surface area contributed by atoms with Crippen molar-refractivity contribution >= 4 is 35.8 Å². The summed E-state index contributed by atoms with van der Waals surface area (Å²) in [5.74, 6) is 1.13. The van der Waals surface area contributed by atoms with Crippen LogP contribution in [-0.4, -0.2) is 78.3 Å². The molecular weight excluding hydrogens is 481 g/mol. The maximum Gasteiger partial charge on any atom is 0.222 e. The van der Waals surface area contributed by atoms with Crippen molar-refractivity contribution in [3.05, 3.63) is 18.0 Å². The Hall–Kier alpha value is -1.36. The number of aliphatic imine (C=N–C) groups is 1. The van der Waals surface area contributed by atoms with Crippen molar-refractivity contribution in [1.82, 2.24) is 30.2 Å². The summed E-state index contributed by atoms with van der Waals surface area (Å²) in [5.41, 5.74) is 1.16. The van der Waals surface area contributed by atoms with E-state index in [2.05, 4.69) is 41.7 Å². The maximum absolute atomic E-state index is 12.1. The third-order valence-electron chi connectivity index (χ3n) is 5.07. The SMILES string of the molecule is CCNC(=NCC(c1cnn(C)c1)N(C)C)NCCCN1CCCCCC1=O.I. The number of guanidine groups is 1. The lowest BCUT2D eigenvalue weighted by atomic mass is 10.1. The van der Waals surface area contributed by atoms with Crippen LogP contribution in [0.3, 0.4) is 0 Å². The van der Waals surface area contributed by atoms with Gasteiger partial charge >= 0.3 is 0 Å². The molecule has 1 fully saturated rings. The van der Waals surface area contributed by atoms with Crippen LogP contribution >= 0.6 is 24.0 Å². The zero-order chi connectivity index (χ0) is 20.4. The molecule has 0 radical (unpaired) electrons. The molecule has 0 aromatic carbocycles. The summed E-state index contributed by atoms with van der Waals surface area (Å²) in [6.45, 7) is 6.06. The van der Waals surface area contributed by atoms with Gasteiger partial charge in [-0.05, 0) is 40.3 Å². The number of likely N-dealkylation sites (N-methyl/N-ethyl adjacent to an activating group) is 1. The minimum Gasteiger partial charge on any atom is -0.357 e. The fourth-order valence-corrected chi connectivity index (χ4v) is 3.45. The second kappa shape index (κ2) is 13.8. The molecule has 8 nitrogen and oxygen atoms in total. The number of nitrogens with zero attached hydrogens (tertiary/aromatic N) is 5. The number of hydrogen-bond acceptors (Lipinski definition) is 4. The third-order valence-corrected chi connectivity index (χ3v) is 5.07. The number of aryl methyl sites for hydroxylation is 1. The molecule has 166 valence electrons. The highest BCUT2D eigenvalue weighted by Gasteiger charge is 2.17. The Balaban J connectivity index is 0.00000420. The molecule has 29 heavy (non-hydrogen) atoms. The van der Waals surface area contributed by atoms with Crippen LogP contribution in [0.1, 0.15) is 50.6 Å². The average molecular weight is 519 g/mol. The van der Waals surface area contributed by atoms with Gasteiger partial charge in [0.15, 0.2) is 5.96 Å². The van der Waals surface area contributed by atoms with E-state index < -0.39 is 0 Å². The zero-order valence-electron chi connectivity index (χ0n) is 18.4. The Morgan fingerprint density at radius 2 is 2.10 bits per heavy atom. The zero-order valence-corrected chi connectivity index (χ0v) is 20.7. The maximum atomic E-state index is 12.1. The lowest BCUT2D eigenvalue weighted by Crippen LogP contribution is -2.40. The van der Waals surface area contributed by atoms with Gasteiger partial charge in [-0.15, -0.1) is 24.0 Å². The molecule has 0 spiro atoms. The van der Waals surface area contributed by atoms with Crippen LogP contribution in [0, 0.1) is 0 Å². The van der Waals surface area contributed by atoms with Crippen molar-refractivity contribution < 1.29 is 4.79 Å². The first-order chi connectivity index (χ1) is 13.5.